The Labute approximate surface area is 168 Å². The lowest BCUT2D eigenvalue weighted by molar-refractivity contribution is -0.137. The molecular formula is C21H11Cl2F3N2. The van der Waals surface area contributed by atoms with Gasteiger partial charge in [-0.25, -0.2) is 0 Å². The van der Waals surface area contributed by atoms with Gasteiger partial charge in [-0.1, -0.05) is 41.4 Å². The average Bonchev–Trinajstić information content (AvgIpc) is 2.67. The highest BCUT2D eigenvalue weighted by Gasteiger charge is 2.30. The molecule has 0 aliphatic carbocycles. The predicted octanol–water partition coefficient (Wildman–Crippen LogP) is 7.29. The van der Waals surface area contributed by atoms with E-state index in [-0.39, 0.29) is 0 Å². The first-order valence-corrected chi connectivity index (χ1v) is 8.97. The number of pyridine rings is 2. The van der Waals surface area contributed by atoms with E-state index in [9.17, 15) is 13.2 Å². The summed E-state index contributed by atoms with van der Waals surface area (Å²) in [5.74, 6) is 0. The van der Waals surface area contributed by atoms with E-state index in [1.165, 1.54) is 12.3 Å². The van der Waals surface area contributed by atoms with Gasteiger partial charge in [-0.05, 0) is 47.5 Å². The van der Waals surface area contributed by atoms with Gasteiger partial charge in [0, 0.05) is 23.3 Å². The Morgan fingerprint density at radius 3 is 2.18 bits per heavy atom. The number of fused-ring (bicyclic) bond motifs is 1. The van der Waals surface area contributed by atoms with Crippen molar-refractivity contribution in [1.82, 2.24) is 9.97 Å². The van der Waals surface area contributed by atoms with Gasteiger partial charge >= 0.3 is 6.18 Å². The second kappa shape index (κ2) is 7.08. The van der Waals surface area contributed by atoms with Gasteiger partial charge in [-0.15, -0.1) is 0 Å². The first-order valence-electron chi connectivity index (χ1n) is 8.22. The summed E-state index contributed by atoms with van der Waals surface area (Å²) in [7, 11) is 0. The predicted molar refractivity (Wildman–Crippen MR) is 105 cm³/mol. The van der Waals surface area contributed by atoms with Gasteiger partial charge in [0.05, 0.1) is 26.8 Å². The largest absolute Gasteiger partial charge is 0.416 e. The molecule has 0 unspecified atom stereocenters. The Morgan fingerprint density at radius 1 is 0.786 bits per heavy atom. The Morgan fingerprint density at radius 2 is 1.46 bits per heavy atom. The van der Waals surface area contributed by atoms with Crippen LogP contribution in [0.15, 0.2) is 67.0 Å². The van der Waals surface area contributed by atoms with Gasteiger partial charge in [0.2, 0.25) is 0 Å². The normalized spacial score (nSPS) is 11.8. The van der Waals surface area contributed by atoms with Crippen LogP contribution in [0.3, 0.4) is 0 Å². The topological polar surface area (TPSA) is 25.8 Å². The molecule has 0 aliphatic heterocycles. The summed E-state index contributed by atoms with van der Waals surface area (Å²) in [6.45, 7) is 0. The Hall–Kier alpha value is -2.63. The minimum absolute atomic E-state index is 0.416. The molecule has 0 bridgehead atoms. The molecule has 0 saturated carbocycles. The zero-order valence-corrected chi connectivity index (χ0v) is 15.6. The van der Waals surface area contributed by atoms with Crippen LogP contribution in [-0.4, -0.2) is 9.97 Å². The number of halogens is 5. The maximum Gasteiger partial charge on any atom is 0.416 e. The molecule has 4 aromatic rings. The Balaban J connectivity index is 1.97. The van der Waals surface area contributed by atoms with Gasteiger partial charge in [-0.2, -0.15) is 13.2 Å². The third-order valence-electron chi connectivity index (χ3n) is 4.36. The quantitative estimate of drug-likeness (QED) is 0.341. The summed E-state index contributed by atoms with van der Waals surface area (Å²) in [6.07, 6.45) is -1.32. The van der Waals surface area contributed by atoms with Gasteiger partial charge in [0.15, 0.2) is 0 Å². The minimum atomic E-state index is -4.42. The highest BCUT2D eigenvalue weighted by Crippen LogP contribution is 2.39. The molecule has 4 rings (SSSR count). The Kier molecular flexibility index (Phi) is 4.73. The van der Waals surface area contributed by atoms with Gasteiger partial charge in [0.25, 0.3) is 0 Å². The maximum atomic E-state index is 13.1. The summed E-state index contributed by atoms with van der Waals surface area (Å²) in [5.41, 5.74) is 1.85. The zero-order chi connectivity index (χ0) is 19.9. The molecule has 2 nitrogen and oxygen atoms in total. The third kappa shape index (κ3) is 3.32. The fourth-order valence-electron chi connectivity index (χ4n) is 3.10. The smallest absolute Gasteiger partial charge is 0.254 e. The van der Waals surface area contributed by atoms with Crippen molar-refractivity contribution in [2.45, 2.75) is 6.18 Å². The molecule has 2 heterocycles. The van der Waals surface area contributed by atoms with Crippen molar-refractivity contribution in [3.8, 4) is 22.4 Å². The summed E-state index contributed by atoms with van der Waals surface area (Å²) in [4.78, 5) is 8.77. The summed E-state index contributed by atoms with van der Waals surface area (Å²) >= 11 is 12.6. The van der Waals surface area contributed by atoms with E-state index in [4.69, 9.17) is 23.2 Å². The molecular weight excluding hydrogens is 408 g/mol. The monoisotopic (exact) mass is 418 g/mol. The minimum Gasteiger partial charge on any atom is -0.254 e. The number of hydrogen-bond acceptors (Lipinski definition) is 2. The van der Waals surface area contributed by atoms with E-state index in [0.717, 1.165) is 12.1 Å². The molecule has 0 fully saturated rings. The molecule has 0 N–H and O–H groups in total. The lowest BCUT2D eigenvalue weighted by atomic mass is 9.98. The number of hydrogen-bond donors (Lipinski definition) is 0. The lowest BCUT2D eigenvalue weighted by Gasteiger charge is -2.13. The van der Waals surface area contributed by atoms with Crippen molar-refractivity contribution in [2.24, 2.45) is 0 Å². The van der Waals surface area contributed by atoms with Crippen LogP contribution in [0.5, 0.6) is 0 Å². The van der Waals surface area contributed by atoms with Gasteiger partial charge < -0.3 is 0 Å². The number of benzene rings is 2. The van der Waals surface area contributed by atoms with Crippen molar-refractivity contribution in [3.63, 3.8) is 0 Å². The van der Waals surface area contributed by atoms with Crippen LogP contribution in [0, 0.1) is 0 Å². The fraction of sp³-hybridized carbons (Fsp3) is 0.0476. The van der Waals surface area contributed by atoms with E-state index in [1.54, 1.807) is 42.6 Å². The molecule has 7 heteroatoms. The number of aromatic nitrogens is 2. The maximum absolute atomic E-state index is 13.1. The first-order chi connectivity index (χ1) is 13.4. The van der Waals surface area contributed by atoms with Crippen LogP contribution in [0.1, 0.15) is 5.56 Å². The van der Waals surface area contributed by atoms with Crippen LogP contribution in [0.25, 0.3) is 33.3 Å². The molecule has 0 radical (unpaired) electrons. The summed E-state index contributed by atoms with van der Waals surface area (Å²) in [6, 6.07) is 13.7. The molecule has 2 aromatic heterocycles. The number of alkyl halides is 3. The second-order valence-corrected chi connectivity index (χ2v) is 6.90. The van der Waals surface area contributed by atoms with E-state index < -0.39 is 11.7 Å². The molecule has 0 aliphatic rings. The third-order valence-corrected chi connectivity index (χ3v) is 4.99. The van der Waals surface area contributed by atoms with Crippen molar-refractivity contribution < 1.29 is 13.2 Å². The molecule has 2 aromatic carbocycles. The van der Waals surface area contributed by atoms with Gasteiger partial charge in [0.1, 0.15) is 0 Å². The van der Waals surface area contributed by atoms with E-state index in [2.05, 4.69) is 9.97 Å². The highest BCUT2D eigenvalue weighted by molar-refractivity contribution is 6.39. The SMILES string of the molecule is FC(F)(F)c1cccc(-c2ccnc3c(-c4c(Cl)cccc4Cl)nccc23)c1. The molecule has 0 atom stereocenters. The Bertz CT molecular complexity index is 1170. The lowest BCUT2D eigenvalue weighted by Crippen LogP contribution is -2.04. The van der Waals surface area contributed by atoms with Crippen molar-refractivity contribution in [3.05, 3.63) is 82.6 Å². The van der Waals surface area contributed by atoms with E-state index >= 15 is 0 Å². The van der Waals surface area contributed by atoms with Crippen LogP contribution >= 0.6 is 23.2 Å². The van der Waals surface area contributed by atoms with E-state index in [0.29, 0.717) is 43.3 Å². The molecule has 0 spiro atoms. The molecule has 0 amide bonds. The molecule has 28 heavy (non-hydrogen) atoms. The molecule has 0 saturated heterocycles. The van der Waals surface area contributed by atoms with Crippen LogP contribution in [0.4, 0.5) is 13.2 Å². The van der Waals surface area contributed by atoms with Crippen molar-refractivity contribution in [1.29, 1.82) is 0 Å². The second-order valence-electron chi connectivity index (χ2n) is 6.09. The van der Waals surface area contributed by atoms with Crippen molar-refractivity contribution >= 4 is 34.1 Å². The van der Waals surface area contributed by atoms with E-state index in [1.807, 2.05) is 0 Å². The van der Waals surface area contributed by atoms with Crippen LogP contribution < -0.4 is 0 Å². The van der Waals surface area contributed by atoms with Gasteiger partial charge in [-0.3, -0.25) is 9.97 Å². The first kappa shape index (κ1) is 18.7. The molecule has 140 valence electrons. The average molecular weight is 419 g/mol. The number of nitrogens with zero attached hydrogens (tertiary/aromatic N) is 2. The highest BCUT2D eigenvalue weighted by atomic mass is 35.5. The fourth-order valence-corrected chi connectivity index (χ4v) is 3.68. The van der Waals surface area contributed by atoms with Crippen LogP contribution in [0.2, 0.25) is 10.0 Å². The zero-order valence-electron chi connectivity index (χ0n) is 14.1. The van der Waals surface area contributed by atoms with Crippen LogP contribution in [-0.2, 0) is 6.18 Å². The van der Waals surface area contributed by atoms with Crippen molar-refractivity contribution in [2.75, 3.05) is 0 Å². The summed E-state index contributed by atoms with van der Waals surface area (Å²) in [5, 5.41) is 1.49. The standard InChI is InChI=1S/C21H11Cl2F3N2/c22-16-5-2-6-17(23)18(16)20-19-15(8-10-28-20)14(7-9-27-19)12-3-1-4-13(11-12)21(24,25)26/h1-11H. The summed E-state index contributed by atoms with van der Waals surface area (Å²) < 4.78 is 39.4. The number of rotatable bonds is 2.